The topological polar surface area (TPSA) is 98.7 Å². The predicted molar refractivity (Wildman–Crippen MR) is 66.5 cm³/mol. The first-order chi connectivity index (χ1) is 9.04. The van der Waals surface area contributed by atoms with E-state index in [0.29, 0.717) is 6.54 Å². The quantitative estimate of drug-likeness (QED) is 0.648. The molecule has 3 N–H and O–H groups in total. The third kappa shape index (κ3) is 4.51. The molecule has 0 radical (unpaired) electrons. The Bertz CT molecular complexity index is 381. The van der Waals surface area contributed by atoms with Gasteiger partial charge in [0.15, 0.2) is 0 Å². The lowest BCUT2D eigenvalue weighted by Crippen LogP contribution is -2.46. The van der Waals surface area contributed by atoms with Crippen LogP contribution in [-0.2, 0) is 9.59 Å². The highest BCUT2D eigenvalue weighted by Crippen LogP contribution is 2.20. The van der Waals surface area contributed by atoms with Crippen molar-refractivity contribution in [2.45, 2.75) is 44.2 Å². The second-order valence-electron chi connectivity index (χ2n) is 5.16. The predicted octanol–water partition coefficient (Wildman–Crippen LogP) is -0.0863. The number of hydrogen-bond donors (Lipinski definition) is 3. The molecule has 7 heteroatoms. The van der Waals surface area contributed by atoms with Gasteiger partial charge in [0.25, 0.3) is 0 Å². The van der Waals surface area contributed by atoms with Gasteiger partial charge in [-0.05, 0) is 32.2 Å². The van der Waals surface area contributed by atoms with Crippen molar-refractivity contribution in [1.82, 2.24) is 15.5 Å². The number of nitrogens with one attached hydrogen (secondary N) is 2. The molecular weight excluding hydrogens is 250 g/mol. The number of rotatable bonds is 5. The number of likely N-dealkylation sites (tertiary alicyclic amines) is 1. The summed E-state index contributed by atoms with van der Waals surface area (Å²) in [5.74, 6) is -1.24. The zero-order valence-electron chi connectivity index (χ0n) is 10.7. The zero-order chi connectivity index (χ0) is 13.8. The van der Waals surface area contributed by atoms with Crippen molar-refractivity contribution in [3.63, 3.8) is 0 Å². The number of urea groups is 1. The SMILES string of the molecule is O=C(O)CC1CCCN1CC(=O)NC(=O)NC1CC1. The smallest absolute Gasteiger partial charge is 0.321 e. The van der Waals surface area contributed by atoms with Gasteiger partial charge in [-0.25, -0.2) is 4.79 Å². The largest absolute Gasteiger partial charge is 0.481 e. The van der Waals surface area contributed by atoms with E-state index in [4.69, 9.17) is 5.11 Å². The highest BCUT2D eigenvalue weighted by molar-refractivity contribution is 5.95. The molecule has 2 rings (SSSR count). The lowest BCUT2D eigenvalue weighted by atomic mass is 10.1. The van der Waals surface area contributed by atoms with E-state index >= 15 is 0 Å². The maximum atomic E-state index is 11.7. The summed E-state index contributed by atoms with van der Waals surface area (Å²) in [7, 11) is 0. The first kappa shape index (κ1) is 13.8. The summed E-state index contributed by atoms with van der Waals surface area (Å²) in [5.41, 5.74) is 0. The number of hydrogen-bond acceptors (Lipinski definition) is 4. The Morgan fingerprint density at radius 1 is 1.21 bits per heavy atom. The molecule has 1 aliphatic heterocycles. The van der Waals surface area contributed by atoms with E-state index < -0.39 is 12.0 Å². The minimum absolute atomic E-state index is 0.0432. The summed E-state index contributed by atoms with van der Waals surface area (Å²) >= 11 is 0. The second kappa shape index (κ2) is 6.01. The summed E-state index contributed by atoms with van der Waals surface area (Å²) in [6, 6.07) is -0.351. The highest BCUT2D eigenvalue weighted by atomic mass is 16.4. The lowest BCUT2D eigenvalue weighted by Gasteiger charge is -2.22. The summed E-state index contributed by atoms with van der Waals surface area (Å²) < 4.78 is 0. The Morgan fingerprint density at radius 2 is 1.95 bits per heavy atom. The molecule has 7 nitrogen and oxygen atoms in total. The zero-order valence-corrected chi connectivity index (χ0v) is 10.7. The molecule has 0 spiro atoms. The van der Waals surface area contributed by atoms with Gasteiger partial charge < -0.3 is 10.4 Å². The Morgan fingerprint density at radius 3 is 2.58 bits per heavy atom. The van der Waals surface area contributed by atoms with Crippen molar-refractivity contribution < 1.29 is 19.5 Å². The molecule has 1 atom stereocenters. The molecule has 2 aliphatic rings. The Labute approximate surface area is 111 Å². The molecule has 0 aromatic rings. The first-order valence-corrected chi connectivity index (χ1v) is 6.61. The van der Waals surface area contributed by atoms with Gasteiger partial charge >= 0.3 is 12.0 Å². The van der Waals surface area contributed by atoms with Crippen molar-refractivity contribution in [2.75, 3.05) is 13.1 Å². The van der Waals surface area contributed by atoms with Crippen LogP contribution in [0.4, 0.5) is 4.79 Å². The minimum Gasteiger partial charge on any atom is -0.481 e. The van der Waals surface area contributed by atoms with Crippen LogP contribution in [0.1, 0.15) is 32.1 Å². The molecule has 1 aliphatic carbocycles. The van der Waals surface area contributed by atoms with Crippen LogP contribution >= 0.6 is 0 Å². The van der Waals surface area contributed by atoms with E-state index in [-0.39, 0.29) is 31.0 Å². The van der Waals surface area contributed by atoms with E-state index in [9.17, 15) is 14.4 Å². The van der Waals surface area contributed by atoms with Crippen LogP contribution in [0.25, 0.3) is 0 Å². The summed E-state index contributed by atoms with van der Waals surface area (Å²) in [6.07, 6.45) is 3.65. The standard InChI is InChI=1S/C12H19N3O4/c16-10(14-12(19)13-8-3-4-8)7-15-5-1-2-9(15)6-11(17)18/h8-9H,1-7H2,(H,17,18)(H2,13,14,16,19). The Kier molecular flexibility index (Phi) is 4.36. The van der Waals surface area contributed by atoms with Crippen LogP contribution in [0.15, 0.2) is 0 Å². The minimum atomic E-state index is -0.858. The summed E-state index contributed by atoms with van der Waals surface area (Å²) in [4.78, 5) is 35.6. The van der Waals surface area contributed by atoms with Crippen molar-refractivity contribution in [1.29, 1.82) is 0 Å². The van der Waals surface area contributed by atoms with E-state index in [1.165, 1.54) is 0 Å². The fourth-order valence-corrected chi connectivity index (χ4v) is 2.34. The number of imide groups is 1. The lowest BCUT2D eigenvalue weighted by molar-refractivity contribution is -0.138. The third-order valence-corrected chi connectivity index (χ3v) is 3.42. The van der Waals surface area contributed by atoms with Crippen LogP contribution in [0.3, 0.4) is 0 Å². The van der Waals surface area contributed by atoms with Gasteiger partial charge in [-0.3, -0.25) is 19.8 Å². The van der Waals surface area contributed by atoms with Gasteiger partial charge in [0, 0.05) is 12.1 Å². The number of nitrogens with zero attached hydrogens (tertiary/aromatic N) is 1. The van der Waals surface area contributed by atoms with Crippen LogP contribution in [-0.4, -0.2) is 53.1 Å². The van der Waals surface area contributed by atoms with Crippen molar-refractivity contribution in [2.24, 2.45) is 0 Å². The third-order valence-electron chi connectivity index (χ3n) is 3.42. The molecule has 19 heavy (non-hydrogen) atoms. The van der Waals surface area contributed by atoms with E-state index in [2.05, 4.69) is 10.6 Å². The molecule has 0 aromatic heterocycles. The van der Waals surface area contributed by atoms with Crippen LogP contribution in [0.5, 0.6) is 0 Å². The molecule has 0 bridgehead atoms. The van der Waals surface area contributed by atoms with Crippen molar-refractivity contribution in [3.8, 4) is 0 Å². The maximum Gasteiger partial charge on any atom is 0.321 e. The van der Waals surface area contributed by atoms with Crippen LogP contribution in [0.2, 0.25) is 0 Å². The average molecular weight is 269 g/mol. The number of carbonyl (C=O) groups excluding carboxylic acids is 2. The Balaban J connectivity index is 1.73. The summed E-state index contributed by atoms with van der Waals surface area (Å²) in [5, 5.41) is 13.7. The molecule has 0 aromatic carbocycles. The molecule has 1 saturated heterocycles. The van der Waals surface area contributed by atoms with Gasteiger partial charge in [0.1, 0.15) is 0 Å². The first-order valence-electron chi connectivity index (χ1n) is 6.61. The fourth-order valence-electron chi connectivity index (χ4n) is 2.34. The van der Waals surface area contributed by atoms with E-state index in [1.807, 2.05) is 4.90 Å². The maximum absolute atomic E-state index is 11.7. The molecule has 2 fully saturated rings. The summed E-state index contributed by atoms with van der Waals surface area (Å²) in [6.45, 7) is 0.783. The molecule has 1 saturated carbocycles. The van der Waals surface area contributed by atoms with Gasteiger partial charge in [0.05, 0.1) is 13.0 Å². The number of amides is 3. The van der Waals surface area contributed by atoms with E-state index in [0.717, 1.165) is 25.7 Å². The second-order valence-corrected chi connectivity index (χ2v) is 5.16. The van der Waals surface area contributed by atoms with Gasteiger partial charge in [-0.2, -0.15) is 0 Å². The van der Waals surface area contributed by atoms with Crippen LogP contribution < -0.4 is 10.6 Å². The van der Waals surface area contributed by atoms with Crippen molar-refractivity contribution >= 4 is 17.9 Å². The number of carboxylic acid groups (broad SMARTS) is 1. The van der Waals surface area contributed by atoms with Crippen molar-refractivity contribution in [3.05, 3.63) is 0 Å². The molecule has 1 unspecified atom stereocenters. The number of aliphatic carboxylic acids is 1. The number of carbonyl (C=O) groups is 3. The highest BCUT2D eigenvalue weighted by Gasteiger charge is 2.29. The molecule has 106 valence electrons. The normalized spacial score (nSPS) is 23.1. The monoisotopic (exact) mass is 269 g/mol. The van der Waals surface area contributed by atoms with Gasteiger partial charge in [-0.15, -0.1) is 0 Å². The van der Waals surface area contributed by atoms with Crippen LogP contribution in [0, 0.1) is 0 Å². The molecule has 1 heterocycles. The van der Waals surface area contributed by atoms with E-state index in [1.54, 1.807) is 0 Å². The molecular formula is C12H19N3O4. The Hall–Kier alpha value is -1.63. The van der Waals surface area contributed by atoms with Gasteiger partial charge in [0.2, 0.25) is 5.91 Å². The van der Waals surface area contributed by atoms with Gasteiger partial charge in [-0.1, -0.05) is 0 Å². The molecule has 3 amide bonds. The fraction of sp³-hybridized carbons (Fsp3) is 0.750. The number of carboxylic acids is 1. The average Bonchev–Trinajstić information content (AvgIpc) is 3.00.